The van der Waals surface area contributed by atoms with Gasteiger partial charge in [-0.05, 0) is 32.0 Å². The predicted octanol–water partition coefficient (Wildman–Crippen LogP) is 3.03. The Balaban J connectivity index is 1.39. The van der Waals surface area contributed by atoms with Crippen molar-refractivity contribution in [3.05, 3.63) is 30.7 Å². The molecule has 31 heavy (non-hydrogen) atoms. The maximum absolute atomic E-state index is 12.6. The number of aryl methyl sites for hydroxylation is 1. The first-order chi connectivity index (χ1) is 14.8. The number of hydrogen-bond acceptors (Lipinski definition) is 6. The summed E-state index contributed by atoms with van der Waals surface area (Å²) in [6.07, 6.45) is -0.724. The highest BCUT2D eigenvalue weighted by atomic mass is 19.4. The van der Waals surface area contributed by atoms with Gasteiger partial charge in [0.05, 0.1) is 11.9 Å². The highest BCUT2D eigenvalue weighted by Gasteiger charge is 2.30. The second-order valence-electron chi connectivity index (χ2n) is 7.70. The number of aromatic nitrogens is 5. The summed E-state index contributed by atoms with van der Waals surface area (Å²) in [5.41, 5.74) is 1.50. The number of rotatable bonds is 5. The molecular weight excluding hydrogens is 411 g/mol. The van der Waals surface area contributed by atoms with Crippen molar-refractivity contribution in [2.45, 2.75) is 25.4 Å². The minimum Gasteiger partial charge on any atom is -0.317 e. The van der Waals surface area contributed by atoms with Crippen molar-refractivity contribution in [1.29, 1.82) is 0 Å². The molecule has 0 radical (unpaired) electrons. The summed E-state index contributed by atoms with van der Waals surface area (Å²) in [7, 11) is 1.85. The molecule has 8 nitrogen and oxygen atoms in total. The summed E-state index contributed by atoms with van der Waals surface area (Å²) in [6.45, 7) is 0.904. The number of hydrogen-bond donors (Lipinski definition) is 1. The van der Waals surface area contributed by atoms with Crippen LogP contribution in [0, 0.1) is 5.92 Å². The van der Waals surface area contributed by atoms with Crippen molar-refractivity contribution < 1.29 is 18.0 Å². The molecule has 1 fully saturated rings. The number of piperidine rings is 1. The van der Waals surface area contributed by atoms with Crippen molar-refractivity contribution in [3.8, 4) is 11.4 Å². The van der Waals surface area contributed by atoms with Crippen LogP contribution in [0.4, 0.5) is 19.1 Å². The lowest BCUT2D eigenvalue weighted by molar-refractivity contribution is -0.139. The van der Waals surface area contributed by atoms with E-state index in [0.717, 1.165) is 10.9 Å². The lowest BCUT2D eigenvalue weighted by Crippen LogP contribution is -2.39. The molecule has 1 aliphatic heterocycles. The highest BCUT2D eigenvalue weighted by molar-refractivity contribution is 5.92. The van der Waals surface area contributed by atoms with Crippen LogP contribution in [0.5, 0.6) is 0 Å². The first-order valence-electron chi connectivity index (χ1n) is 10.00. The molecule has 0 spiro atoms. The van der Waals surface area contributed by atoms with Gasteiger partial charge in [0.2, 0.25) is 11.9 Å². The molecule has 1 aromatic carbocycles. The number of carbonyl (C=O) groups is 1. The number of nitrogens with zero attached hydrogens (tertiary/aromatic N) is 6. The largest absolute Gasteiger partial charge is 0.390 e. The Morgan fingerprint density at radius 2 is 2.03 bits per heavy atom. The maximum Gasteiger partial charge on any atom is 0.390 e. The van der Waals surface area contributed by atoms with Gasteiger partial charge in [0, 0.05) is 36.7 Å². The Morgan fingerprint density at radius 3 is 2.71 bits per heavy atom. The third-order valence-electron chi connectivity index (χ3n) is 5.46. The maximum atomic E-state index is 12.6. The van der Waals surface area contributed by atoms with Gasteiger partial charge in [0.15, 0.2) is 5.82 Å². The van der Waals surface area contributed by atoms with Crippen LogP contribution in [0.15, 0.2) is 30.7 Å². The van der Waals surface area contributed by atoms with Gasteiger partial charge in [-0.2, -0.15) is 13.2 Å². The molecule has 2 aromatic heterocycles. The van der Waals surface area contributed by atoms with Gasteiger partial charge in [-0.15, -0.1) is 10.2 Å². The zero-order valence-corrected chi connectivity index (χ0v) is 16.9. The van der Waals surface area contributed by atoms with Crippen molar-refractivity contribution in [3.63, 3.8) is 0 Å². The normalized spacial score (nSPS) is 16.0. The van der Waals surface area contributed by atoms with E-state index in [9.17, 15) is 18.0 Å². The first kappa shape index (κ1) is 21.2. The van der Waals surface area contributed by atoms with Crippen LogP contribution >= 0.6 is 0 Å². The zero-order valence-electron chi connectivity index (χ0n) is 16.9. The number of nitrogens with one attached hydrogen (secondary N) is 1. The third-order valence-corrected chi connectivity index (χ3v) is 5.46. The van der Waals surface area contributed by atoms with E-state index < -0.39 is 12.6 Å². The lowest BCUT2D eigenvalue weighted by atomic mass is 9.96. The first-order valence-corrected chi connectivity index (χ1v) is 10.00. The van der Waals surface area contributed by atoms with Gasteiger partial charge in [0.25, 0.3) is 0 Å². The second kappa shape index (κ2) is 8.58. The van der Waals surface area contributed by atoms with E-state index in [1.807, 2.05) is 25.2 Å². The summed E-state index contributed by atoms with van der Waals surface area (Å²) < 4.78 is 38.9. The van der Waals surface area contributed by atoms with Crippen LogP contribution in [-0.2, 0) is 11.8 Å². The van der Waals surface area contributed by atoms with Gasteiger partial charge in [-0.1, -0.05) is 12.1 Å². The van der Waals surface area contributed by atoms with Crippen LogP contribution in [0.1, 0.15) is 19.3 Å². The van der Waals surface area contributed by atoms with E-state index in [-0.39, 0.29) is 24.3 Å². The molecule has 1 N–H and O–H groups in total. The Hall–Kier alpha value is -3.08. The van der Waals surface area contributed by atoms with Crippen LogP contribution < -0.4 is 5.32 Å². The van der Waals surface area contributed by atoms with E-state index in [2.05, 4.69) is 25.5 Å². The highest BCUT2D eigenvalue weighted by Crippen LogP contribution is 2.24. The molecule has 0 atom stereocenters. The monoisotopic (exact) mass is 433 g/mol. The molecule has 0 saturated carbocycles. The smallest absolute Gasteiger partial charge is 0.317 e. The Labute approximate surface area is 176 Å². The molecule has 1 aliphatic rings. The average molecular weight is 433 g/mol. The molecule has 0 bridgehead atoms. The number of benzene rings is 1. The van der Waals surface area contributed by atoms with Gasteiger partial charge in [-0.3, -0.25) is 10.1 Å². The molecule has 11 heteroatoms. The Morgan fingerprint density at radius 1 is 1.26 bits per heavy atom. The van der Waals surface area contributed by atoms with Gasteiger partial charge < -0.3 is 9.47 Å². The van der Waals surface area contributed by atoms with Crippen molar-refractivity contribution in [2.75, 3.05) is 25.0 Å². The molecule has 0 aliphatic carbocycles. The molecule has 1 amide bonds. The van der Waals surface area contributed by atoms with Gasteiger partial charge >= 0.3 is 6.18 Å². The number of amides is 1. The Bertz CT molecular complexity index is 1070. The topological polar surface area (TPSA) is 88.8 Å². The second-order valence-corrected chi connectivity index (χ2v) is 7.70. The minimum atomic E-state index is -4.16. The number of halogens is 3. The molecule has 4 rings (SSSR count). The molecular formula is C20H22F3N7O. The van der Waals surface area contributed by atoms with E-state index in [1.54, 1.807) is 22.0 Å². The van der Waals surface area contributed by atoms with Crippen LogP contribution in [-0.4, -0.2) is 61.4 Å². The molecule has 0 unspecified atom stereocenters. The summed E-state index contributed by atoms with van der Waals surface area (Å²) in [6, 6.07) is 5.64. The van der Waals surface area contributed by atoms with Crippen LogP contribution in [0.3, 0.4) is 0 Å². The summed E-state index contributed by atoms with van der Waals surface area (Å²) in [5.74, 6) is 0.418. The van der Waals surface area contributed by atoms with Crippen molar-refractivity contribution in [1.82, 2.24) is 29.6 Å². The quantitative estimate of drug-likeness (QED) is 0.666. The fourth-order valence-electron chi connectivity index (χ4n) is 3.68. The fourth-order valence-corrected chi connectivity index (χ4v) is 3.68. The predicted molar refractivity (Wildman–Crippen MR) is 108 cm³/mol. The lowest BCUT2D eigenvalue weighted by Gasteiger charge is -2.31. The minimum absolute atomic E-state index is 0.0283. The molecule has 1 saturated heterocycles. The van der Waals surface area contributed by atoms with E-state index in [4.69, 9.17) is 0 Å². The number of likely N-dealkylation sites (tertiary alicyclic amines) is 1. The van der Waals surface area contributed by atoms with Crippen molar-refractivity contribution >= 4 is 22.8 Å². The third kappa shape index (κ3) is 5.16. The SMILES string of the molecule is Cn1cnnc1-c1ccc2cnc(NC(=O)C3CCN(CCC(F)(F)F)CC3)nc2c1. The average Bonchev–Trinajstić information content (AvgIpc) is 3.17. The molecule has 3 aromatic rings. The van der Waals surface area contributed by atoms with Crippen LogP contribution in [0.2, 0.25) is 0 Å². The number of anilines is 1. The van der Waals surface area contributed by atoms with Gasteiger partial charge in [-0.25, -0.2) is 9.97 Å². The van der Waals surface area contributed by atoms with Crippen LogP contribution in [0.25, 0.3) is 22.3 Å². The Kier molecular flexibility index (Phi) is 5.86. The number of fused-ring (bicyclic) bond motifs is 1. The van der Waals surface area contributed by atoms with E-state index in [0.29, 0.717) is 37.3 Å². The van der Waals surface area contributed by atoms with E-state index >= 15 is 0 Å². The summed E-state index contributed by atoms with van der Waals surface area (Å²) in [4.78, 5) is 23.0. The standard InChI is InChI=1S/C20H22F3N7O/c1-29-12-25-28-17(29)14-2-3-15-11-24-19(26-16(15)10-14)27-18(31)13-4-7-30(8-5-13)9-6-20(21,22)23/h2-3,10-13H,4-9H2,1H3,(H,24,26,27,31). The van der Waals surface area contributed by atoms with Gasteiger partial charge in [0.1, 0.15) is 6.33 Å². The molecule has 164 valence electrons. The molecule has 3 heterocycles. The van der Waals surface area contributed by atoms with E-state index in [1.165, 1.54) is 0 Å². The summed E-state index contributed by atoms with van der Waals surface area (Å²) >= 11 is 0. The number of alkyl halides is 3. The zero-order chi connectivity index (χ0) is 22.0. The number of carbonyl (C=O) groups excluding carboxylic acids is 1. The fraction of sp³-hybridized carbons (Fsp3) is 0.450. The summed E-state index contributed by atoms with van der Waals surface area (Å²) in [5, 5.41) is 11.5. The van der Waals surface area contributed by atoms with Crippen molar-refractivity contribution in [2.24, 2.45) is 13.0 Å².